The van der Waals surface area contributed by atoms with Crippen molar-refractivity contribution in [3.63, 3.8) is 0 Å². The molecule has 2 aromatic carbocycles. The fourth-order valence-corrected chi connectivity index (χ4v) is 3.16. The molecule has 0 fully saturated rings. The number of Topliss-reactive ketones (excluding diaryl/α,β-unsaturated/α-hetero) is 1. The Morgan fingerprint density at radius 3 is 2.58 bits per heavy atom. The maximum Gasteiger partial charge on any atom is 0.138 e. The van der Waals surface area contributed by atoms with Crippen molar-refractivity contribution in [2.24, 2.45) is 0 Å². The Morgan fingerprint density at radius 1 is 1.00 bits per heavy atom. The fraction of sp³-hybridized carbons (Fsp3) is 0.188. The lowest BCUT2D eigenvalue weighted by atomic mass is 9.78. The van der Waals surface area contributed by atoms with Crippen LogP contribution in [0.4, 0.5) is 0 Å². The second-order valence-corrected chi connectivity index (χ2v) is 5.68. The Kier molecular flexibility index (Phi) is 3.34. The van der Waals surface area contributed by atoms with Gasteiger partial charge < -0.3 is 0 Å². The highest BCUT2D eigenvalue weighted by atomic mass is 35.5. The van der Waals surface area contributed by atoms with Gasteiger partial charge in [-0.2, -0.15) is 0 Å². The van der Waals surface area contributed by atoms with Gasteiger partial charge in [0.05, 0.1) is 0 Å². The summed E-state index contributed by atoms with van der Waals surface area (Å²) in [6.45, 7) is 0. The molecule has 0 saturated carbocycles. The average Bonchev–Trinajstić information content (AvgIpc) is 2.39. The molecule has 96 valence electrons. The summed E-state index contributed by atoms with van der Waals surface area (Å²) in [6, 6.07) is 13.4. The van der Waals surface area contributed by atoms with Crippen molar-refractivity contribution in [1.82, 2.24) is 0 Å². The lowest BCUT2D eigenvalue weighted by molar-refractivity contribution is -0.119. The van der Waals surface area contributed by atoms with Crippen LogP contribution in [0, 0.1) is 0 Å². The van der Waals surface area contributed by atoms with Crippen molar-refractivity contribution in [3.8, 4) is 0 Å². The molecule has 1 aliphatic rings. The summed E-state index contributed by atoms with van der Waals surface area (Å²) < 4.78 is 0. The summed E-state index contributed by atoms with van der Waals surface area (Å²) in [6.07, 6.45) is 0.991. The van der Waals surface area contributed by atoms with Gasteiger partial charge >= 0.3 is 0 Å². The molecule has 0 aromatic heterocycles. The number of rotatable bonds is 1. The number of hydrogen-bond acceptors (Lipinski definition) is 1. The molecule has 0 N–H and O–H groups in total. The molecule has 0 aliphatic heterocycles. The van der Waals surface area contributed by atoms with E-state index in [9.17, 15) is 4.79 Å². The SMILES string of the molecule is O=C1Cc2ccc(Cl)cc2C(c2ccccc2Cl)C1. The number of benzene rings is 2. The zero-order valence-electron chi connectivity index (χ0n) is 10.2. The standard InChI is InChI=1S/C16H12Cl2O/c17-11-6-5-10-7-12(19)9-15(14(10)8-11)13-3-1-2-4-16(13)18/h1-6,8,15H,7,9H2. The smallest absolute Gasteiger partial charge is 0.138 e. The molecule has 0 saturated heterocycles. The Hall–Kier alpha value is -1.31. The first kappa shape index (κ1) is 12.7. The molecule has 0 bridgehead atoms. The van der Waals surface area contributed by atoms with E-state index in [0.717, 1.165) is 16.7 Å². The van der Waals surface area contributed by atoms with E-state index < -0.39 is 0 Å². The topological polar surface area (TPSA) is 17.1 Å². The zero-order valence-corrected chi connectivity index (χ0v) is 11.7. The van der Waals surface area contributed by atoms with E-state index >= 15 is 0 Å². The van der Waals surface area contributed by atoms with Gasteiger partial charge in [0, 0.05) is 28.8 Å². The summed E-state index contributed by atoms with van der Waals surface area (Å²) in [7, 11) is 0. The van der Waals surface area contributed by atoms with Crippen LogP contribution in [-0.2, 0) is 11.2 Å². The van der Waals surface area contributed by atoms with Crippen LogP contribution in [0.5, 0.6) is 0 Å². The van der Waals surface area contributed by atoms with Crippen LogP contribution in [0.2, 0.25) is 10.0 Å². The summed E-state index contributed by atoms with van der Waals surface area (Å²) >= 11 is 12.4. The minimum absolute atomic E-state index is 0.0173. The quantitative estimate of drug-likeness (QED) is 0.748. The minimum atomic E-state index is 0.0173. The third-order valence-electron chi connectivity index (χ3n) is 3.58. The molecule has 0 heterocycles. The highest BCUT2D eigenvalue weighted by Crippen LogP contribution is 2.39. The summed E-state index contributed by atoms with van der Waals surface area (Å²) in [4.78, 5) is 11.9. The van der Waals surface area contributed by atoms with E-state index in [2.05, 4.69) is 0 Å². The van der Waals surface area contributed by atoms with Crippen molar-refractivity contribution in [2.45, 2.75) is 18.8 Å². The van der Waals surface area contributed by atoms with Crippen LogP contribution in [0.1, 0.15) is 29.0 Å². The van der Waals surface area contributed by atoms with Gasteiger partial charge in [-0.05, 0) is 34.9 Å². The summed E-state index contributed by atoms with van der Waals surface area (Å²) in [5.74, 6) is 0.267. The number of fused-ring (bicyclic) bond motifs is 1. The monoisotopic (exact) mass is 290 g/mol. The minimum Gasteiger partial charge on any atom is -0.299 e. The Bertz CT molecular complexity index is 649. The first-order valence-electron chi connectivity index (χ1n) is 6.19. The molecule has 1 unspecified atom stereocenters. The lowest BCUT2D eigenvalue weighted by Gasteiger charge is -2.26. The number of ketones is 1. The van der Waals surface area contributed by atoms with Crippen LogP contribution in [0.25, 0.3) is 0 Å². The van der Waals surface area contributed by atoms with E-state index in [4.69, 9.17) is 23.2 Å². The van der Waals surface area contributed by atoms with Crippen molar-refractivity contribution < 1.29 is 4.79 Å². The summed E-state index contributed by atoms with van der Waals surface area (Å²) in [5.41, 5.74) is 3.19. The van der Waals surface area contributed by atoms with Crippen molar-refractivity contribution >= 4 is 29.0 Å². The maximum atomic E-state index is 11.9. The third kappa shape index (κ3) is 2.41. The van der Waals surface area contributed by atoms with Gasteiger partial charge in [-0.1, -0.05) is 47.5 Å². The Morgan fingerprint density at radius 2 is 1.79 bits per heavy atom. The van der Waals surface area contributed by atoms with Crippen LogP contribution < -0.4 is 0 Å². The fourth-order valence-electron chi connectivity index (χ4n) is 2.71. The van der Waals surface area contributed by atoms with Crippen molar-refractivity contribution in [3.05, 3.63) is 69.2 Å². The first-order valence-corrected chi connectivity index (χ1v) is 6.95. The van der Waals surface area contributed by atoms with E-state index in [1.165, 1.54) is 0 Å². The first-order chi connectivity index (χ1) is 9.15. The molecule has 0 radical (unpaired) electrons. The molecule has 0 amide bonds. The Balaban J connectivity index is 2.16. The molecular weight excluding hydrogens is 279 g/mol. The number of halogens is 2. The van der Waals surface area contributed by atoms with Gasteiger partial charge in [0.2, 0.25) is 0 Å². The van der Waals surface area contributed by atoms with Gasteiger partial charge in [0.25, 0.3) is 0 Å². The van der Waals surface area contributed by atoms with E-state index in [-0.39, 0.29) is 11.7 Å². The predicted molar refractivity (Wildman–Crippen MR) is 78.1 cm³/mol. The maximum absolute atomic E-state index is 11.9. The number of carbonyl (C=O) groups is 1. The van der Waals surface area contributed by atoms with Crippen LogP contribution >= 0.6 is 23.2 Å². The van der Waals surface area contributed by atoms with Crippen LogP contribution in [0.15, 0.2) is 42.5 Å². The van der Waals surface area contributed by atoms with Gasteiger partial charge in [0.1, 0.15) is 5.78 Å². The van der Waals surface area contributed by atoms with Gasteiger partial charge in [-0.3, -0.25) is 4.79 Å². The molecule has 2 aromatic rings. The second-order valence-electron chi connectivity index (χ2n) is 4.84. The molecule has 3 heteroatoms. The molecular formula is C16H12Cl2O. The summed E-state index contributed by atoms with van der Waals surface area (Å²) in [5, 5.41) is 1.40. The van der Waals surface area contributed by atoms with Gasteiger partial charge in [-0.25, -0.2) is 0 Å². The molecule has 19 heavy (non-hydrogen) atoms. The molecule has 1 nitrogen and oxygen atoms in total. The zero-order chi connectivity index (χ0) is 13.4. The highest BCUT2D eigenvalue weighted by Gasteiger charge is 2.27. The van der Waals surface area contributed by atoms with E-state index in [1.54, 1.807) is 0 Å². The highest BCUT2D eigenvalue weighted by molar-refractivity contribution is 6.31. The average molecular weight is 291 g/mol. The normalized spacial score (nSPS) is 18.2. The van der Waals surface area contributed by atoms with Crippen LogP contribution in [0.3, 0.4) is 0 Å². The van der Waals surface area contributed by atoms with Gasteiger partial charge in [-0.15, -0.1) is 0 Å². The van der Waals surface area contributed by atoms with E-state index in [0.29, 0.717) is 22.9 Å². The predicted octanol–water partition coefficient (Wildman–Crippen LogP) is 4.64. The molecule has 1 aliphatic carbocycles. The van der Waals surface area contributed by atoms with E-state index in [1.807, 2.05) is 42.5 Å². The third-order valence-corrected chi connectivity index (χ3v) is 4.16. The lowest BCUT2D eigenvalue weighted by Crippen LogP contribution is -2.19. The van der Waals surface area contributed by atoms with Crippen molar-refractivity contribution in [2.75, 3.05) is 0 Å². The van der Waals surface area contributed by atoms with Gasteiger partial charge in [0.15, 0.2) is 0 Å². The number of hydrogen-bond donors (Lipinski definition) is 0. The molecule has 1 atom stereocenters. The Labute approximate surface area is 122 Å². The molecule has 3 rings (SSSR count). The largest absolute Gasteiger partial charge is 0.299 e. The number of carbonyl (C=O) groups excluding carboxylic acids is 1. The second kappa shape index (κ2) is 4.99. The van der Waals surface area contributed by atoms with Crippen LogP contribution in [-0.4, -0.2) is 5.78 Å². The van der Waals surface area contributed by atoms with Crippen molar-refractivity contribution in [1.29, 1.82) is 0 Å². The molecule has 0 spiro atoms.